The first kappa shape index (κ1) is 17.9. The van der Waals surface area contributed by atoms with E-state index in [9.17, 15) is 23.3 Å². The Kier molecular flexibility index (Phi) is 4.88. The fraction of sp³-hybridized carbons (Fsp3) is 0.308. The van der Waals surface area contributed by atoms with Crippen LogP contribution in [0.1, 0.15) is 12.6 Å². The first-order chi connectivity index (χ1) is 11.1. The SMILES string of the molecule is CCOc1cc(Oc2nn(C)c(C(F)(F)F)c2Cl)ccc1[N+](=O)[O-]. The zero-order valence-corrected chi connectivity index (χ0v) is 13.2. The third-order valence-electron chi connectivity index (χ3n) is 2.87. The van der Waals surface area contributed by atoms with E-state index in [0.29, 0.717) is 4.68 Å². The molecule has 0 saturated heterocycles. The highest BCUT2D eigenvalue weighted by Gasteiger charge is 2.39. The molecule has 0 atom stereocenters. The minimum absolute atomic E-state index is 0.00206. The third-order valence-corrected chi connectivity index (χ3v) is 3.21. The van der Waals surface area contributed by atoms with E-state index in [4.69, 9.17) is 21.1 Å². The predicted octanol–water partition coefficient (Wildman–Crippen LogP) is 4.19. The van der Waals surface area contributed by atoms with Crippen LogP contribution in [-0.4, -0.2) is 21.3 Å². The molecule has 0 aliphatic heterocycles. The number of nitrogens with zero attached hydrogens (tertiary/aromatic N) is 3. The van der Waals surface area contributed by atoms with E-state index in [-0.39, 0.29) is 23.8 Å². The number of halogens is 4. The largest absolute Gasteiger partial charge is 0.487 e. The van der Waals surface area contributed by atoms with Gasteiger partial charge in [-0.2, -0.15) is 13.2 Å². The molecule has 11 heteroatoms. The standard InChI is InChI=1S/C13H11ClF3N3O4/c1-3-23-9-6-7(4-5-8(9)20(21)22)24-12-10(14)11(13(15,16)17)19(2)18-12/h4-6H,3H2,1-2H3. The second-order valence-electron chi connectivity index (χ2n) is 4.51. The maximum absolute atomic E-state index is 12.9. The maximum Gasteiger partial charge on any atom is 0.434 e. The van der Waals surface area contributed by atoms with Crippen LogP contribution in [-0.2, 0) is 13.2 Å². The van der Waals surface area contributed by atoms with Crippen molar-refractivity contribution in [2.45, 2.75) is 13.1 Å². The molecule has 0 bridgehead atoms. The first-order valence-corrected chi connectivity index (χ1v) is 6.91. The van der Waals surface area contributed by atoms with Gasteiger partial charge in [0.15, 0.2) is 5.69 Å². The molecule has 7 nitrogen and oxygen atoms in total. The molecular weight excluding hydrogens is 355 g/mol. The van der Waals surface area contributed by atoms with E-state index in [1.165, 1.54) is 12.1 Å². The number of nitro benzene ring substituents is 1. The molecule has 24 heavy (non-hydrogen) atoms. The van der Waals surface area contributed by atoms with Crippen LogP contribution < -0.4 is 9.47 Å². The number of aryl methyl sites for hydroxylation is 1. The number of ether oxygens (including phenoxy) is 2. The van der Waals surface area contributed by atoms with Crippen LogP contribution >= 0.6 is 11.6 Å². The van der Waals surface area contributed by atoms with Crippen molar-refractivity contribution >= 4 is 17.3 Å². The zero-order chi connectivity index (χ0) is 18.1. The molecule has 1 heterocycles. The minimum Gasteiger partial charge on any atom is -0.487 e. The summed E-state index contributed by atoms with van der Waals surface area (Å²) in [7, 11) is 1.07. The van der Waals surface area contributed by atoms with Crippen molar-refractivity contribution in [2.75, 3.05) is 6.61 Å². The van der Waals surface area contributed by atoms with Crippen LogP contribution in [0.3, 0.4) is 0 Å². The number of nitro groups is 1. The fourth-order valence-electron chi connectivity index (χ4n) is 1.94. The van der Waals surface area contributed by atoms with Crippen molar-refractivity contribution in [3.05, 3.63) is 39.0 Å². The lowest BCUT2D eigenvalue weighted by Crippen LogP contribution is -2.12. The molecule has 0 spiro atoms. The molecule has 2 rings (SSSR count). The van der Waals surface area contributed by atoms with Gasteiger partial charge in [0.05, 0.1) is 11.5 Å². The van der Waals surface area contributed by atoms with Crippen molar-refractivity contribution < 1.29 is 27.6 Å². The van der Waals surface area contributed by atoms with Crippen LogP contribution in [0.4, 0.5) is 18.9 Å². The molecule has 0 saturated carbocycles. The van der Waals surface area contributed by atoms with Gasteiger partial charge in [0.2, 0.25) is 5.75 Å². The number of rotatable bonds is 5. The summed E-state index contributed by atoms with van der Waals surface area (Å²) >= 11 is 5.68. The van der Waals surface area contributed by atoms with Gasteiger partial charge in [0.1, 0.15) is 10.8 Å². The molecule has 0 radical (unpaired) electrons. The molecule has 0 amide bonds. The number of aromatic nitrogens is 2. The lowest BCUT2D eigenvalue weighted by molar-refractivity contribution is -0.385. The molecule has 1 aromatic heterocycles. The molecule has 1 aromatic carbocycles. The lowest BCUT2D eigenvalue weighted by Gasteiger charge is -2.08. The molecule has 130 valence electrons. The first-order valence-electron chi connectivity index (χ1n) is 6.54. The Morgan fingerprint density at radius 2 is 2.08 bits per heavy atom. The summed E-state index contributed by atoms with van der Waals surface area (Å²) in [4.78, 5) is 10.3. The fourth-order valence-corrected chi connectivity index (χ4v) is 2.24. The van der Waals surface area contributed by atoms with Crippen molar-refractivity contribution in [3.63, 3.8) is 0 Å². The summed E-state index contributed by atoms with van der Waals surface area (Å²) in [5.41, 5.74) is -1.46. The average Bonchev–Trinajstić information content (AvgIpc) is 2.73. The van der Waals surface area contributed by atoms with Gasteiger partial charge in [-0.05, 0) is 13.0 Å². The van der Waals surface area contributed by atoms with Gasteiger partial charge >= 0.3 is 11.9 Å². The van der Waals surface area contributed by atoms with Gasteiger partial charge in [-0.25, -0.2) is 0 Å². The lowest BCUT2D eigenvalue weighted by atomic mass is 10.3. The van der Waals surface area contributed by atoms with E-state index in [1.807, 2.05) is 0 Å². The smallest absolute Gasteiger partial charge is 0.434 e. The maximum atomic E-state index is 12.9. The predicted molar refractivity (Wildman–Crippen MR) is 77.6 cm³/mol. The van der Waals surface area contributed by atoms with Gasteiger partial charge < -0.3 is 9.47 Å². The quantitative estimate of drug-likeness (QED) is 0.586. The Morgan fingerprint density at radius 3 is 2.58 bits per heavy atom. The van der Waals surface area contributed by atoms with Gasteiger partial charge in [0, 0.05) is 19.2 Å². The Labute approximate surface area is 138 Å². The molecule has 0 aliphatic carbocycles. The Hall–Kier alpha value is -2.49. The van der Waals surface area contributed by atoms with Gasteiger partial charge in [0.25, 0.3) is 5.88 Å². The number of hydrogen-bond acceptors (Lipinski definition) is 5. The average molecular weight is 366 g/mol. The van der Waals surface area contributed by atoms with E-state index >= 15 is 0 Å². The highest BCUT2D eigenvalue weighted by Crippen LogP contribution is 2.41. The van der Waals surface area contributed by atoms with Crippen LogP contribution in [0.25, 0.3) is 0 Å². The summed E-state index contributed by atoms with van der Waals surface area (Å²) in [6, 6.07) is 3.50. The Balaban J connectivity index is 2.39. The van der Waals surface area contributed by atoms with Crippen LogP contribution in [0.15, 0.2) is 18.2 Å². The molecule has 0 unspecified atom stereocenters. The summed E-state index contributed by atoms with van der Waals surface area (Å²) in [5.74, 6) is -0.552. The third kappa shape index (κ3) is 3.53. The van der Waals surface area contributed by atoms with Gasteiger partial charge in [-0.1, -0.05) is 11.6 Å². The second kappa shape index (κ2) is 6.56. The van der Waals surface area contributed by atoms with Gasteiger partial charge in [-0.3, -0.25) is 14.8 Å². The summed E-state index contributed by atoms with van der Waals surface area (Å²) < 4.78 is 49.5. The van der Waals surface area contributed by atoms with Crippen molar-refractivity contribution in [1.29, 1.82) is 0 Å². The summed E-state index contributed by atoms with van der Waals surface area (Å²) in [5, 5.41) is 13.8. The van der Waals surface area contributed by atoms with E-state index in [0.717, 1.165) is 13.1 Å². The Morgan fingerprint density at radius 1 is 1.42 bits per heavy atom. The van der Waals surface area contributed by atoms with Crippen molar-refractivity contribution in [1.82, 2.24) is 9.78 Å². The second-order valence-corrected chi connectivity index (χ2v) is 4.89. The van der Waals surface area contributed by atoms with E-state index in [2.05, 4.69) is 5.10 Å². The zero-order valence-electron chi connectivity index (χ0n) is 12.4. The number of alkyl halides is 3. The summed E-state index contributed by atoms with van der Waals surface area (Å²) in [6.45, 7) is 1.79. The van der Waals surface area contributed by atoms with E-state index < -0.39 is 27.7 Å². The van der Waals surface area contributed by atoms with Crippen molar-refractivity contribution in [3.8, 4) is 17.4 Å². The topological polar surface area (TPSA) is 79.4 Å². The molecule has 0 N–H and O–H groups in total. The minimum atomic E-state index is -4.70. The Bertz CT molecular complexity index is 777. The molecular formula is C13H11ClF3N3O4. The van der Waals surface area contributed by atoms with Crippen LogP contribution in [0.5, 0.6) is 17.4 Å². The highest BCUT2D eigenvalue weighted by atomic mass is 35.5. The number of hydrogen-bond donors (Lipinski definition) is 0. The van der Waals surface area contributed by atoms with Crippen LogP contribution in [0, 0.1) is 10.1 Å². The van der Waals surface area contributed by atoms with E-state index in [1.54, 1.807) is 6.92 Å². The monoisotopic (exact) mass is 365 g/mol. The van der Waals surface area contributed by atoms with Crippen LogP contribution in [0.2, 0.25) is 5.02 Å². The van der Waals surface area contributed by atoms with Gasteiger partial charge in [-0.15, -0.1) is 5.10 Å². The van der Waals surface area contributed by atoms with Crippen molar-refractivity contribution in [2.24, 2.45) is 7.05 Å². The molecule has 0 fully saturated rings. The molecule has 0 aliphatic rings. The highest BCUT2D eigenvalue weighted by molar-refractivity contribution is 6.32. The number of benzene rings is 1. The summed E-state index contributed by atoms with van der Waals surface area (Å²) in [6.07, 6.45) is -4.70. The molecule has 2 aromatic rings. The normalized spacial score (nSPS) is 11.4.